The maximum Gasteiger partial charge on any atom is 0.259 e. The van der Waals surface area contributed by atoms with Crippen molar-refractivity contribution in [2.75, 3.05) is 32.6 Å². The first-order valence-electron chi connectivity index (χ1n) is 8.31. The predicted molar refractivity (Wildman–Crippen MR) is 102 cm³/mol. The van der Waals surface area contributed by atoms with Crippen LogP contribution in [0.5, 0.6) is 5.75 Å². The lowest BCUT2D eigenvalue weighted by Gasteiger charge is -2.21. The van der Waals surface area contributed by atoms with E-state index < -0.39 is 0 Å². The van der Waals surface area contributed by atoms with Crippen LogP contribution in [0.1, 0.15) is 5.56 Å². The molecule has 0 aliphatic rings. The highest BCUT2D eigenvalue weighted by molar-refractivity contribution is 5.79. The number of pyridine rings is 1. The average molecular weight is 353 g/mol. The number of amides is 1. The number of benzene rings is 1. The van der Waals surface area contributed by atoms with Crippen LogP contribution in [0.25, 0.3) is 11.0 Å². The first-order chi connectivity index (χ1) is 12.4. The number of nitrogens with zero attached hydrogens (tertiary/aromatic N) is 5. The smallest absolute Gasteiger partial charge is 0.259 e. The quantitative estimate of drug-likeness (QED) is 0.705. The number of aromatic nitrogens is 3. The minimum atomic E-state index is -0.0798. The Morgan fingerprint density at radius 2 is 1.96 bits per heavy atom. The number of hydrogen-bond acceptors (Lipinski definition) is 5. The molecular formula is C19H23N5O2. The van der Waals surface area contributed by atoms with Crippen molar-refractivity contribution in [1.29, 1.82) is 0 Å². The predicted octanol–water partition coefficient (Wildman–Crippen LogP) is 2.51. The van der Waals surface area contributed by atoms with Gasteiger partial charge in [0, 0.05) is 46.0 Å². The fraction of sp³-hybridized carbons (Fsp3) is 0.316. The van der Waals surface area contributed by atoms with Gasteiger partial charge in [0.25, 0.3) is 5.91 Å². The van der Waals surface area contributed by atoms with Gasteiger partial charge in [-0.25, -0.2) is 9.97 Å². The molecular weight excluding hydrogens is 330 g/mol. The van der Waals surface area contributed by atoms with Gasteiger partial charge in [0.2, 0.25) is 0 Å². The molecule has 2 aromatic heterocycles. The zero-order chi connectivity index (χ0) is 18.8. The minimum Gasteiger partial charge on any atom is -0.484 e. The van der Waals surface area contributed by atoms with Crippen molar-refractivity contribution in [1.82, 2.24) is 19.4 Å². The summed E-state index contributed by atoms with van der Waals surface area (Å²) < 4.78 is 7.60. The van der Waals surface area contributed by atoms with Crippen LogP contribution in [-0.4, -0.2) is 53.1 Å². The lowest BCUT2D eigenvalue weighted by atomic mass is 10.1. The second kappa shape index (κ2) is 7.03. The Hall–Kier alpha value is -3.09. The maximum absolute atomic E-state index is 11.7. The third-order valence-corrected chi connectivity index (χ3v) is 4.34. The summed E-state index contributed by atoms with van der Waals surface area (Å²) in [7, 11) is 7.34. The van der Waals surface area contributed by atoms with Crippen LogP contribution >= 0.6 is 0 Å². The Bertz CT molecular complexity index is 948. The van der Waals surface area contributed by atoms with E-state index in [4.69, 9.17) is 4.74 Å². The second-order valence-electron chi connectivity index (χ2n) is 6.47. The highest BCUT2D eigenvalue weighted by Crippen LogP contribution is 2.30. The van der Waals surface area contributed by atoms with Crippen molar-refractivity contribution in [3.05, 3.63) is 42.4 Å². The molecule has 3 aromatic rings. The number of aryl methyl sites for hydroxylation is 2. The van der Waals surface area contributed by atoms with Gasteiger partial charge in [0.1, 0.15) is 17.1 Å². The molecule has 0 N–H and O–H groups in total. The minimum absolute atomic E-state index is 0.0123. The number of carbonyl (C=O) groups is 1. The Labute approximate surface area is 152 Å². The second-order valence-corrected chi connectivity index (χ2v) is 6.47. The van der Waals surface area contributed by atoms with Crippen LogP contribution in [0.15, 0.2) is 36.8 Å². The van der Waals surface area contributed by atoms with E-state index >= 15 is 0 Å². The fourth-order valence-corrected chi connectivity index (χ4v) is 2.64. The standard InChI is InChI=1S/C19H23N5O2/c1-13-6-7-14(26-11-19(25)22(2)3)8-16(13)24(5)18-9-17-15(10-20-18)21-12-23(17)4/h6-10,12H,11H2,1-5H3. The summed E-state index contributed by atoms with van der Waals surface area (Å²) >= 11 is 0. The lowest BCUT2D eigenvalue weighted by Crippen LogP contribution is -2.27. The van der Waals surface area contributed by atoms with E-state index in [2.05, 4.69) is 9.97 Å². The lowest BCUT2D eigenvalue weighted by molar-refractivity contribution is -0.130. The molecule has 0 fully saturated rings. The van der Waals surface area contributed by atoms with Gasteiger partial charge < -0.3 is 19.1 Å². The topological polar surface area (TPSA) is 63.5 Å². The number of likely N-dealkylation sites (N-methyl/N-ethyl adjacent to an activating group) is 1. The highest BCUT2D eigenvalue weighted by atomic mass is 16.5. The van der Waals surface area contributed by atoms with Crippen LogP contribution in [0.4, 0.5) is 11.5 Å². The first kappa shape index (κ1) is 17.7. The van der Waals surface area contributed by atoms with Gasteiger partial charge in [0.15, 0.2) is 6.61 Å². The maximum atomic E-state index is 11.7. The molecule has 0 unspecified atom stereocenters. The van der Waals surface area contributed by atoms with Crippen molar-refractivity contribution in [2.24, 2.45) is 7.05 Å². The van der Waals surface area contributed by atoms with E-state index in [9.17, 15) is 4.79 Å². The monoisotopic (exact) mass is 353 g/mol. The van der Waals surface area contributed by atoms with Gasteiger partial charge in [-0.1, -0.05) is 6.07 Å². The molecule has 136 valence electrons. The summed E-state index contributed by atoms with van der Waals surface area (Å²) in [5.74, 6) is 1.38. The molecule has 0 aliphatic carbocycles. The summed E-state index contributed by atoms with van der Waals surface area (Å²) in [6.45, 7) is 2.04. The van der Waals surface area contributed by atoms with Crippen molar-refractivity contribution in [3.63, 3.8) is 0 Å². The number of carbonyl (C=O) groups excluding carboxylic acids is 1. The summed E-state index contributed by atoms with van der Waals surface area (Å²) in [5.41, 5.74) is 3.93. The highest BCUT2D eigenvalue weighted by Gasteiger charge is 2.13. The van der Waals surface area contributed by atoms with Crippen molar-refractivity contribution >= 4 is 28.4 Å². The van der Waals surface area contributed by atoms with Gasteiger partial charge in [0.05, 0.1) is 18.0 Å². The number of hydrogen-bond donors (Lipinski definition) is 0. The van der Waals surface area contributed by atoms with Gasteiger partial charge in [-0.2, -0.15) is 0 Å². The zero-order valence-corrected chi connectivity index (χ0v) is 15.7. The summed E-state index contributed by atoms with van der Waals surface area (Å²) in [6, 6.07) is 7.77. The van der Waals surface area contributed by atoms with E-state index in [1.165, 1.54) is 4.90 Å². The van der Waals surface area contributed by atoms with Gasteiger partial charge in [-0.3, -0.25) is 4.79 Å². The van der Waals surface area contributed by atoms with Gasteiger partial charge in [-0.05, 0) is 18.6 Å². The van der Waals surface area contributed by atoms with Crippen LogP contribution in [0, 0.1) is 6.92 Å². The Morgan fingerprint density at radius 1 is 1.19 bits per heavy atom. The van der Waals surface area contributed by atoms with Crippen LogP contribution in [0.3, 0.4) is 0 Å². The van der Waals surface area contributed by atoms with E-state index in [1.807, 2.05) is 54.8 Å². The normalized spacial score (nSPS) is 10.8. The first-order valence-corrected chi connectivity index (χ1v) is 8.31. The third kappa shape index (κ3) is 3.46. The molecule has 7 heteroatoms. The number of fused-ring (bicyclic) bond motifs is 1. The molecule has 1 amide bonds. The third-order valence-electron chi connectivity index (χ3n) is 4.34. The number of rotatable bonds is 5. The van der Waals surface area contributed by atoms with Crippen molar-refractivity contribution in [3.8, 4) is 5.75 Å². The largest absolute Gasteiger partial charge is 0.484 e. The van der Waals surface area contributed by atoms with Crippen LogP contribution in [-0.2, 0) is 11.8 Å². The molecule has 3 rings (SSSR count). The molecule has 2 heterocycles. The fourth-order valence-electron chi connectivity index (χ4n) is 2.64. The van der Waals surface area contributed by atoms with E-state index in [-0.39, 0.29) is 12.5 Å². The molecule has 7 nitrogen and oxygen atoms in total. The van der Waals surface area contributed by atoms with Gasteiger partial charge in [-0.15, -0.1) is 0 Å². The summed E-state index contributed by atoms with van der Waals surface area (Å²) in [5, 5.41) is 0. The number of imidazole rings is 1. The molecule has 26 heavy (non-hydrogen) atoms. The van der Waals surface area contributed by atoms with E-state index in [0.29, 0.717) is 5.75 Å². The van der Waals surface area contributed by atoms with Gasteiger partial charge >= 0.3 is 0 Å². The molecule has 1 aromatic carbocycles. The van der Waals surface area contributed by atoms with E-state index in [1.54, 1.807) is 26.6 Å². The Kier molecular flexibility index (Phi) is 4.79. The van der Waals surface area contributed by atoms with Crippen LogP contribution < -0.4 is 9.64 Å². The molecule has 0 saturated carbocycles. The summed E-state index contributed by atoms with van der Waals surface area (Å²) in [4.78, 5) is 24.1. The molecule has 0 radical (unpaired) electrons. The average Bonchev–Trinajstić information content (AvgIpc) is 3.00. The van der Waals surface area contributed by atoms with Crippen molar-refractivity contribution in [2.45, 2.75) is 6.92 Å². The number of anilines is 2. The Balaban J connectivity index is 1.87. The molecule has 0 atom stereocenters. The number of ether oxygens (including phenoxy) is 1. The van der Waals surface area contributed by atoms with Crippen LogP contribution in [0.2, 0.25) is 0 Å². The molecule has 0 bridgehead atoms. The van der Waals surface area contributed by atoms with E-state index in [0.717, 1.165) is 28.1 Å². The van der Waals surface area contributed by atoms with Crippen molar-refractivity contribution < 1.29 is 9.53 Å². The summed E-state index contributed by atoms with van der Waals surface area (Å²) in [6.07, 6.45) is 3.55. The molecule has 0 aliphatic heterocycles. The SMILES string of the molecule is Cc1ccc(OCC(=O)N(C)C)cc1N(C)c1cc2c(cn1)ncn2C. The molecule has 0 spiro atoms. The zero-order valence-electron chi connectivity index (χ0n) is 15.7. The Morgan fingerprint density at radius 3 is 2.69 bits per heavy atom. The molecule has 0 saturated heterocycles.